The van der Waals surface area contributed by atoms with Crippen molar-refractivity contribution in [2.75, 3.05) is 13.2 Å². The summed E-state index contributed by atoms with van der Waals surface area (Å²) < 4.78 is 27.5. The highest BCUT2D eigenvalue weighted by Crippen LogP contribution is 2.26. The van der Waals surface area contributed by atoms with Crippen LogP contribution in [0.15, 0.2) is 42.6 Å². The van der Waals surface area contributed by atoms with Crippen LogP contribution >= 0.6 is 11.6 Å². The van der Waals surface area contributed by atoms with Crippen LogP contribution in [0.3, 0.4) is 0 Å². The zero-order chi connectivity index (χ0) is 26.2. The van der Waals surface area contributed by atoms with Crippen molar-refractivity contribution in [1.82, 2.24) is 24.4 Å². The molecule has 6 rings (SSSR count). The third-order valence-electron chi connectivity index (χ3n) is 6.99. The third-order valence-corrected chi connectivity index (χ3v) is 7.23. The second-order valence-electron chi connectivity index (χ2n) is 9.54. The molecule has 1 N–H and O–H groups in total. The SMILES string of the molecule is O=C(O)c1ccc2nc(CN3CCc4cnc(OCc5ccc(Cl)cc5F)nc4C3)n(C[C@@H]3CCO3)c2c1. The molecule has 0 spiro atoms. The normalized spacial score (nSPS) is 17.3. The van der Waals surface area contributed by atoms with E-state index in [2.05, 4.69) is 19.4 Å². The summed E-state index contributed by atoms with van der Waals surface area (Å²) in [5, 5.41) is 9.80. The number of halogens is 2. The number of aromatic nitrogens is 4. The summed E-state index contributed by atoms with van der Waals surface area (Å²) in [6.07, 6.45) is 3.61. The standard InChI is InChI=1S/C27H25ClFN5O4/c28-19-3-1-18(21(29)10-19)15-38-27-30-11-17-5-7-33(13-23(17)32-27)14-25-31-22-4-2-16(26(35)36)9-24(22)34(25)12-20-6-8-37-20/h1-4,9-11,20H,5-8,12-15H2,(H,35,36)/t20-/m0/s1. The molecule has 1 saturated heterocycles. The van der Waals surface area contributed by atoms with Gasteiger partial charge in [-0.15, -0.1) is 0 Å². The number of fused-ring (bicyclic) bond motifs is 2. The molecule has 0 saturated carbocycles. The van der Waals surface area contributed by atoms with Crippen molar-refractivity contribution in [2.45, 2.75) is 45.2 Å². The molecule has 0 unspecified atom stereocenters. The number of rotatable bonds is 8. The van der Waals surface area contributed by atoms with Gasteiger partial charge in [0.05, 0.1) is 41.5 Å². The van der Waals surface area contributed by atoms with E-state index in [0.29, 0.717) is 30.2 Å². The molecule has 2 aromatic heterocycles. The Bertz CT molecular complexity index is 1520. The number of hydrogen-bond acceptors (Lipinski definition) is 7. The number of aromatic carboxylic acids is 1. The Balaban J connectivity index is 1.20. The van der Waals surface area contributed by atoms with Gasteiger partial charge in [-0.1, -0.05) is 17.7 Å². The van der Waals surface area contributed by atoms with E-state index >= 15 is 0 Å². The number of carboxylic acid groups (broad SMARTS) is 1. The molecule has 2 aliphatic heterocycles. The number of carboxylic acids is 1. The predicted octanol–water partition coefficient (Wildman–Crippen LogP) is 4.24. The predicted molar refractivity (Wildman–Crippen MR) is 137 cm³/mol. The highest BCUT2D eigenvalue weighted by molar-refractivity contribution is 6.30. The van der Waals surface area contributed by atoms with E-state index in [9.17, 15) is 14.3 Å². The van der Waals surface area contributed by atoms with Crippen LogP contribution in [0, 0.1) is 5.82 Å². The van der Waals surface area contributed by atoms with Crippen LogP contribution in [0.5, 0.6) is 6.01 Å². The molecule has 196 valence electrons. The van der Waals surface area contributed by atoms with Crippen LogP contribution in [0.4, 0.5) is 4.39 Å². The maximum Gasteiger partial charge on any atom is 0.335 e. The second-order valence-corrected chi connectivity index (χ2v) is 9.97. The van der Waals surface area contributed by atoms with E-state index < -0.39 is 11.8 Å². The minimum absolute atomic E-state index is 0.00288. The van der Waals surface area contributed by atoms with Gasteiger partial charge in [0.2, 0.25) is 0 Å². The molecule has 4 aromatic rings. The fraction of sp³-hybridized carbons (Fsp3) is 0.333. The molecule has 0 bridgehead atoms. The van der Waals surface area contributed by atoms with E-state index in [0.717, 1.165) is 54.1 Å². The van der Waals surface area contributed by atoms with Gasteiger partial charge in [-0.05, 0) is 48.7 Å². The topological polar surface area (TPSA) is 103 Å². The van der Waals surface area contributed by atoms with Crippen molar-refractivity contribution in [2.24, 2.45) is 0 Å². The number of hydrogen-bond donors (Lipinski definition) is 1. The van der Waals surface area contributed by atoms with Crippen LogP contribution in [-0.2, 0) is 37.4 Å². The number of ether oxygens (including phenoxy) is 2. The highest BCUT2D eigenvalue weighted by atomic mass is 35.5. The quantitative estimate of drug-likeness (QED) is 0.356. The van der Waals surface area contributed by atoms with Gasteiger partial charge in [0.1, 0.15) is 18.2 Å². The molecule has 38 heavy (non-hydrogen) atoms. The Kier molecular flexibility index (Phi) is 6.69. The van der Waals surface area contributed by atoms with Crippen molar-refractivity contribution < 1.29 is 23.8 Å². The molecular formula is C27H25ClFN5O4. The number of benzene rings is 2. The number of nitrogens with zero attached hydrogens (tertiary/aromatic N) is 5. The van der Waals surface area contributed by atoms with Crippen LogP contribution in [-0.4, -0.2) is 54.8 Å². The first-order valence-corrected chi connectivity index (χ1v) is 12.8. The first kappa shape index (κ1) is 24.7. The lowest BCUT2D eigenvalue weighted by Crippen LogP contribution is -2.34. The smallest absolute Gasteiger partial charge is 0.335 e. The first-order valence-electron chi connectivity index (χ1n) is 12.4. The van der Waals surface area contributed by atoms with Crippen molar-refractivity contribution in [3.05, 3.63) is 81.6 Å². The van der Waals surface area contributed by atoms with Gasteiger partial charge in [0, 0.05) is 36.5 Å². The molecule has 9 nitrogen and oxygen atoms in total. The van der Waals surface area contributed by atoms with Crippen LogP contribution in [0.2, 0.25) is 5.02 Å². The van der Waals surface area contributed by atoms with Crippen LogP contribution in [0.25, 0.3) is 11.0 Å². The molecule has 0 amide bonds. The minimum Gasteiger partial charge on any atom is -0.478 e. The Morgan fingerprint density at radius 3 is 2.87 bits per heavy atom. The van der Waals surface area contributed by atoms with E-state index in [-0.39, 0.29) is 24.3 Å². The van der Waals surface area contributed by atoms with E-state index in [4.69, 9.17) is 26.1 Å². The minimum atomic E-state index is -0.967. The summed E-state index contributed by atoms with van der Waals surface area (Å²) in [5.41, 5.74) is 4.06. The molecule has 2 aliphatic rings. The summed E-state index contributed by atoms with van der Waals surface area (Å²) in [5.74, 6) is -0.553. The lowest BCUT2D eigenvalue weighted by Gasteiger charge is -2.30. The Morgan fingerprint density at radius 2 is 2.11 bits per heavy atom. The van der Waals surface area contributed by atoms with Crippen LogP contribution < -0.4 is 4.74 Å². The Labute approximate surface area is 222 Å². The molecule has 1 atom stereocenters. The number of carbonyl (C=O) groups is 1. The van der Waals surface area contributed by atoms with Crippen molar-refractivity contribution >= 4 is 28.6 Å². The average molecular weight is 538 g/mol. The van der Waals surface area contributed by atoms with E-state index in [1.165, 1.54) is 6.07 Å². The average Bonchev–Trinajstić information content (AvgIpc) is 3.21. The molecule has 11 heteroatoms. The summed E-state index contributed by atoms with van der Waals surface area (Å²) in [4.78, 5) is 27.5. The van der Waals surface area contributed by atoms with Crippen molar-refractivity contribution in [3.63, 3.8) is 0 Å². The second kappa shape index (κ2) is 10.3. The maximum atomic E-state index is 14.1. The molecule has 0 aliphatic carbocycles. The van der Waals surface area contributed by atoms with Gasteiger partial charge in [0.25, 0.3) is 0 Å². The fourth-order valence-corrected chi connectivity index (χ4v) is 4.95. The summed E-state index contributed by atoms with van der Waals surface area (Å²) in [7, 11) is 0. The third kappa shape index (κ3) is 5.07. The zero-order valence-corrected chi connectivity index (χ0v) is 21.2. The molecule has 0 radical (unpaired) electrons. The molecule has 4 heterocycles. The summed E-state index contributed by atoms with van der Waals surface area (Å²) in [6, 6.07) is 9.65. The maximum absolute atomic E-state index is 14.1. The Morgan fingerprint density at radius 1 is 1.24 bits per heavy atom. The lowest BCUT2D eigenvalue weighted by atomic mass is 10.1. The largest absolute Gasteiger partial charge is 0.478 e. The van der Waals surface area contributed by atoms with E-state index in [1.54, 1.807) is 36.5 Å². The summed E-state index contributed by atoms with van der Waals surface area (Å²) in [6.45, 7) is 3.31. The molecule has 1 fully saturated rings. The molecular weight excluding hydrogens is 513 g/mol. The first-order chi connectivity index (χ1) is 18.4. The lowest BCUT2D eigenvalue weighted by molar-refractivity contribution is -0.0592. The van der Waals surface area contributed by atoms with Gasteiger partial charge in [0.15, 0.2) is 0 Å². The Hall–Kier alpha value is -3.60. The zero-order valence-electron chi connectivity index (χ0n) is 20.4. The van der Waals surface area contributed by atoms with Crippen molar-refractivity contribution in [3.8, 4) is 6.01 Å². The van der Waals surface area contributed by atoms with Gasteiger partial charge in [-0.3, -0.25) is 4.90 Å². The van der Waals surface area contributed by atoms with Gasteiger partial charge in [-0.25, -0.2) is 19.2 Å². The van der Waals surface area contributed by atoms with Crippen LogP contribution in [0.1, 0.15) is 39.4 Å². The monoisotopic (exact) mass is 537 g/mol. The number of imidazole rings is 1. The van der Waals surface area contributed by atoms with Crippen molar-refractivity contribution in [1.29, 1.82) is 0 Å². The van der Waals surface area contributed by atoms with Gasteiger partial charge in [-0.2, -0.15) is 4.98 Å². The van der Waals surface area contributed by atoms with Gasteiger partial charge < -0.3 is 19.1 Å². The molecule has 2 aromatic carbocycles. The highest BCUT2D eigenvalue weighted by Gasteiger charge is 2.25. The fourth-order valence-electron chi connectivity index (χ4n) is 4.79. The van der Waals surface area contributed by atoms with Gasteiger partial charge >= 0.3 is 12.0 Å². The summed E-state index contributed by atoms with van der Waals surface area (Å²) >= 11 is 5.83. The van der Waals surface area contributed by atoms with E-state index in [1.807, 2.05) is 0 Å².